The first kappa shape index (κ1) is 16.7. The zero-order valence-corrected chi connectivity index (χ0v) is 12.3. The van der Waals surface area contributed by atoms with Crippen LogP contribution in [0.15, 0.2) is 0 Å². The van der Waals surface area contributed by atoms with Crippen LogP contribution in [0.5, 0.6) is 0 Å². The Morgan fingerprint density at radius 3 is 2.00 bits per heavy atom. The number of alkyl carbamates (subject to hydrolysis) is 1. The van der Waals surface area contributed by atoms with Crippen molar-refractivity contribution >= 4 is 12.0 Å². The Balaban J connectivity index is 4.54. The predicted molar refractivity (Wildman–Crippen MR) is 69.8 cm³/mol. The smallest absolute Gasteiger partial charge is 0.408 e. The average Bonchev–Trinajstić information content (AvgIpc) is 2.09. The third kappa shape index (κ3) is 7.11. The van der Waals surface area contributed by atoms with E-state index < -0.39 is 17.7 Å². The molecule has 0 aromatic heterocycles. The van der Waals surface area contributed by atoms with E-state index in [-0.39, 0.29) is 11.8 Å². The van der Waals surface area contributed by atoms with Crippen LogP contribution in [0.1, 0.15) is 34.6 Å². The molecule has 6 heteroatoms. The highest BCUT2D eigenvalue weighted by Gasteiger charge is 2.27. The molecule has 2 amide bonds. The molecular weight excluding hydrogens is 234 g/mol. The maximum atomic E-state index is 11.9. The van der Waals surface area contributed by atoms with Crippen molar-refractivity contribution in [1.29, 1.82) is 0 Å². The molecule has 0 aromatic rings. The van der Waals surface area contributed by atoms with Gasteiger partial charge in [0.05, 0.1) is 0 Å². The van der Waals surface area contributed by atoms with Crippen molar-refractivity contribution in [3.8, 4) is 0 Å². The minimum atomic E-state index is -0.623. The molecule has 0 heterocycles. The number of amides is 2. The van der Waals surface area contributed by atoms with E-state index in [0.29, 0.717) is 0 Å². The van der Waals surface area contributed by atoms with E-state index in [1.165, 1.54) is 5.01 Å². The molecule has 0 aromatic carbocycles. The summed E-state index contributed by atoms with van der Waals surface area (Å²) in [5, 5.41) is 4.11. The van der Waals surface area contributed by atoms with Crippen LogP contribution in [0.3, 0.4) is 0 Å². The highest BCUT2D eigenvalue weighted by Crippen LogP contribution is 2.08. The van der Waals surface area contributed by atoms with Gasteiger partial charge in [-0.3, -0.25) is 10.2 Å². The van der Waals surface area contributed by atoms with E-state index in [4.69, 9.17) is 4.74 Å². The van der Waals surface area contributed by atoms with Gasteiger partial charge in [-0.05, 0) is 26.7 Å². The van der Waals surface area contributed by atoms with Gasteiger partial charge < -0.3 is 10.1 Å². The van der Waals surface area contributed by atoms with Crippen LogP contribution in [-0.2, 0) is 9.53 Å². The van der Waals surface area contributed by atoms with Crippen LogP contribution in [0.2, 0.25) is 0 Å². The molecule has 6 nitrogen and oxygen atoms in total. The summed E-state index contributed by atoms with van der Waals surface area (Å²) in [5.74, 6) is -0.293. The van der Waals surface area contributed by atoms with Crippen molar-refractivity contribution in [2.45, 2.75) is 46.3 Å². The van der Waals surface area contributed by atoms with Crippen LogP contribution >= 0.6 is 0 Å². The van der Waals surface area contributed by atoms with Crippen molar-refractivity contribution in [3.63, 3.8) is 0 Å². The van der Waals surface area contributed by atoms with E-state index in [0.717, 1.165) is 0 Å². The van der Waals surface area contributed by atoms with Gasteiger partial charge >= 0.3 is 6.09 Å². The molecule has 106 valence electrons. The normalized spacial score (nSPS) is 13.4. The van der Waals surface area contributed by atoms with Gasteiger partial charge in [-0.25, -0.2) is 9.80 Å². The quantitative estimate of drug-likeness (QED) is 0.742. The molecule has 18 heavy (non-hydrogen) atoms. The molecule has 0 rings (SSSR count). The summed E-state index contributed by atoms with van der Waals surface area (Å²) in [6.07, 6.45) is -0.588. The molecule has 0 saturated heterocycles. The maximum absolute atomic E-state index is 11.9. The van der Waals surface area contributed by atoms with Crippen LogP contribution in [-0.4, -0.2) is 42.7 Å². The van der Waals surface area contributed by atoms with Crippen molar-refractivity contribution < 1.29 is 14.3 Å². The molecule has 0 aliphatic rings. The van der Waals surface area contributed by atoms with E-state index in [1.54, 1.807) is 34.9 Å². The number of carbonyl (C=O) groups excluding carboxylic acids is 2. The second kappa shape index (κ2) is 6.58. The molecule has 0 saturated carbocycles. The Hall–Kier alpha value is -1.30. The first-order valence-corrected chi connectivity index (χ1v) is 6.00. The fourth-order valence-electron chi connectivity index (χ4n) is 1.26. The van der Waals surface area contributed by atoms with Gasteiger partial charge in [0.25, 0.3) is 5.91 Å². The average molecular weight is 259 g/mol. The Morgan fingerprint density at radius 2 is 1.67 bits per heavy atom. The fraction of sp³-hybridized carbons (Fsp3) is 0.833. The summed E-state index contributed by atoms with van der Waals surface area (Å²) < 4.78 is 5.13. The monoisotopic (exact) mass is 259 g/mol. The van der Waals surface area contributed by atoms with Crippen LogP contribution in [0, 0.1) is 5.92 Å². The molecule has 1 atom stereocenters. The van der Waals surface area contributed by atoms with Crippen LogP contribution < -0.4 is 10.7 Å². The van der Waals surface area contributed by atoms with Crippen LogP contribution in [0.25, 0.3) is 0 Å². The number of nitrogens with zero attached hydrogens (tertiary/aromatic N) is 1. The molecule has 0 aliphatic heterocycles. The molecule has 0 spiro atoms. The Labute approximate surface area is 109 Å². The lowest BCUT2D eigenvalue weighted by molar-refractivity contribution is -0.128. The van der Waals surface area contributed by atoms with Gasteiger partial charge in [0.2, 0.25) is 0 Å². The summed E-state index contributed by atoms with van der Waals surface area (Å²) in [6.45, 7) is 9.04. The molecule has 0 aliphatic carbocycles. The number of hydrogen-bond donors (Lipinski definition) is 2. The number of nitrogens with one attached hydrogen (secondary N) is 2. The first-order valence-electron chi connectivity index (χ1n) is 6.00. The lowest BCUT2D eigenvalue weighted by Gasteiger charge is -2.26. The highest BCUT2D eigenvalue weighted by atomic mass is 16.6. The SMILES string of the molecule is CC(C)C(NC(=O)OC(C)(C)C)C(=O)NN(C)C. The fourth-order valence-corrected chi connectivity index (χ4v) is 1.26. The van der Waals surface area contributed by atoms with Crippen molar-refractivity contribution in [1.82, 2.24) is 15.8 Å². The van der Waals surface area contributed by atoms with Gasteiger partial charge in [0, 0.05) is 14.1 Å². The molecule has 0 radical (unpaired) electrons. The second-order valence-corrected chi connectivity index (χ2v) is 5.74. The number of carbonyl (C=O) groups is 2. The predicted octanol–water partition coefficient (Wildman–Crippen LogP) is 1.13. The van der Waals surface area contributed by atoms with E-state index >= 15 is 0 Å². The first-order chi connectivity index (χ1) is 8.03. The minimum Gasteiger partial charge on any atom is -0.444 e. The summed E-state index contributed by atoms with van der Waals surface area (Å²) in [7, 11) is 3.42. The topological polar surface area (TPSA) is 70.7 Å². The molecule has 0 fully saturated rings. The van der Waals surface area contributed by atoms with Crippen molar-refractivity contribution in [3.05, 3.63) is 0 Å². The van der Waals surface area contributed by atoms with Crippen molar-refractivity contribution in [2.24, 2.45) is 5.92 Å². The lowest BCUT2D eigenvalue weighted by atomic mass is 10.0. The summed E-state index contributed by atoms with van der Waals surface area (Å²) in [6, 6.07) is -0.623. The minimum absolute atomic E-state index is 0.0301. The third-order valence-corrected chi connectivity index (χ3v) is 1.96. The maximum Gasteiger partial charge on any atom is 0.408 e. The number of ether oxygens (including phenoxy) is 1. The van der Waals surface area contributed by atoms with Crippen LogP contribution in [0.4, 0.5) is 4.79 Å². The molecular formula is C12H25N3O3. The van der Waals surface area contributed by atoms with Gasteiger partial charge in [-0.15, -0.1) is 0 Å². The molecule has 0 bridgehead atoms. The molecule has 1 unspecified atom stereocenters. The number of hydrogen-bond acceptors (Lipinski definition) is 4. The highest BCUT2D eigenvalue weighted by molar-refractivity contribution is 5.85. The van der Waals surface area contributed by atoms with E-state index in [2.05, 4.69) is 10.7 Å². The Bertz CT molecular complexity index is 295. The van der Waals surface area contributed by atoms with Gasteiger partial charge in [-0.1, -0.05) is 13.8 Å². The summed E-state index contributed by atoms with van der Waals surface area (Å²) in [4.78, 5) is 23.5. The van der Waals surface area contributed by atoms with Gasteiger partial charge in [0.1, 0.15) is 11.6 Å². The molecule has 2 N–H and O–H groups in total. The van der Waals surface area contributed by atoms with E-state index in [1.807, 2.05) is 13.8 Å². The lowest BCUT2D eigenvalue weighted by Crippen LogP contribution is -2.53. The number of rotatable bonds is 4. The van der Waals surface area contributed by atoms with Gasteiger partial charge in [-0.2, -0.15) is 0 Å². The van der Waals surface area contributed by atoms with E-state index in [9.17, 15) is 9.59 Å². The Morgan fingerprint density at radius 1 is 1.17 bits per heavy atom. The zero-order chi connectivity index (χ0) is 14.5. The second-order valence-electron chi connectivity index (χ2n) is 5.74. The van der Waals surface area contributed by atoms with Gasteiger partial charge in [0.15, 0.2) is 0 Å². The summed E-state index contributed by atoms with van der Waals surface area (Å²) in [5.41, 5.74) is 2.04. The largest absolute Gasteiger partial charge is 0.444 e. The third-order valence-electron chi connectivity index (χ3n) is 1.96. The van der Waals surface area contributed by atoms with Crippen molar-refractivity contribution in [2.75, 3.05) is 14.1 Å². The Kier molecular flexibility index (Phi) is 6.11. The summed E-state index contributed by atoms with van der Waals surface area (Å²) >= 11 is 0. The number of hydrazine groups is 1. The standard InChI is InChI=1S/C12H25N3O3/c1-8(2)9(10(16)14-15(6)7)13-11(17)18-12(3,4)5/h8-9H,1-7H3,(H,13,17)(H,14,16). The zero-order valence-electron chi connectivity index (χ0n) is 12.3.